The molecule has 0 aromatic heterocycles. The molecule has 0 saturated carbocycles. The highest BCUT2D eigenvalue weighted by Crippen LogP contribution is 2.26. The number of benzene rings is 1. The van der Waals surface area contributed by atoms with Gasteiger partial charge in [0, 0.05) is 6.54 Å². The normalized spacial score (nSPS) is 17.9. The van der Waals surface area contributed by atoms with Crippen molar-refractivity contribution in [3.8, 4) is 0 Å². The summed E-state index contributed by atoms with van der Waals surface area (Å²) in [5, 5.41) is 0. The van der Waals surface area contributed by atoms with Crippen LogP contribution in [0.4, 0.5) is 0 Å². The van der Waals surface area contributed by atoms with Gasteiger partial charge in [-0.25, -0.2) is 13.1 Å². The predicted molar refractivity (Wildman–Crippen MR) is 90.8 cm³/mol. The molecule has 1 aliphatic rings. The van der Waals surface area contributed by atoms with Gasteiger partial charge in [0.1, 0.15) is 0 Å². The van der Waals surface area contributed by atoms with Gasteiger partial charge >= 0.3 is 0 Å². The van der Waals surface area contributed by atoms with Crippen LogP contribution >= 0.6 is 0 Å². The second kappa shape index (κ2) is 6.69. The third-order valence-corrected chi connectivity index (χ3v) is 6.66. The largest absolute Gasteiger partial charge is 0.306 e. The predicted octanol–water partition coefficient (Wildman–Crippen LogP) is 2.54. The lowest BCUT2D eigenvalue weighted by Crippen LogP contribution is -2.37. The van der Waals surface area contributed by atoms with Crippen molar-refractivity contribution in [1.82, 2.24) is 9.62 Å². The van der Waals surface area contributed by atoms with Gasteiger partial charge in [0.05, 0.1) is 4.90 Å². The average molecular weight is 324 g/mol. The van der Waals surface area contributed by atoms with E-state index < -0.39 is 10.0 Å². The van der Waals surface area contributed by atoms with Crippen molar-refractivity contribution < 1.29 is 8.42 Å². The molecule has 4 nitrogen and oxygen atoms in total. The SMILES string of the molecule is Cc1cc(C)c(C)c(S(=O)(=O)NCC2CCN(C)CC2)c1C. The first-order chi connectivity index (χ1) is 10.2. The summed E-state index contributed by atoms with van der Waals surface area (Å²) in [6.07, 6.45) is 2.12. The van der Waals surface area contributed by atoms with Crippen molar-refractivity contribution in [1.29, 1.82) is 0 Å². The second-order valence-corrected chi connectivity index (χ2v) is 8.39. The van der Waals surface area contributed by atoms with E-state index in [1.807, 2.05) is 27.7 Å². The maximum absolute atomic E-state index is 12.8. The Bertz CT molecular complexity index is 619. The monoisotopic (exact) mass is 324 g/mol. The van der Waals surface area contributed by atoms with Crippen LogP contribution in [-0.2, 0) is 10.0 Å². The molecule has 0 atom stereocenters. The highest BCUT2D eigenvalue weighted by Gasteiger charge is 2.24. The molecule has 0 spiro atoms. The number of hydrogen-bond acceptors (Lipinski definition) is 3. The average Bonchev–Trinajstić information content (AvgIpc) is 2.45. The fourth-order valence-corrected chi connectivity index (χ4v) is 4.88. The lowest BCUT2D eigenvalue weighted by atomic mass is 9.98. The summed E-state index contributed by atoms with van der Waals surface area (Å²) in [7, 11) is -1.33. The molecule has 22 heavy (non-hydrogen) atoms. The third-order valence-electron chi connectivity index (χ3n) is 4.97. The lowest BCUT2D eigenvalue weighted by Gasteiger charge is -2.29. The third kappa shape index (κ3) is 3.70. The number of hydrogen-bond donors (Lipinski definition) is 1. The van der Waals surface area contributed by atoms with E-state index in [-0.39, 0.29) is 0 Å². The van der Waals surface area contributed by atoms with Crippen molar-refractivity contribution >= 4 is 10.0 Å². The number of aryl methyl sites for hydroxylation is 2. The van der Waals surface area contributed by atoms with Crippen LogP contribution in [0.5, 0.6) is 0 Å². The fraction of sp³-hybridized carbons (Fsp3) is 0.647. The van der Waals surface area contributed by atoms with Crippen LogP contribution in [0.2, 0.25) is 0 Å². The topological polar surface area (TPSA) is 49.4 Å². The van der Waals surface area contributed by atoms with Gasteiger partial charge in [-0.15, -0.1) is 0 Å². The molecule has 0 unspecified atom stereocenters. The standard InChI is InChI=1S/C17H28N2O2S/c1-12-10-13(2)15(4)17(14(12)3)22(20,21)18-11-16-6-8-19(5)9-7-16/h10,16,18H,6-9,11H2,1-5H3. The Hall–Kier alpha value is -0.910. The van der Waals surface area contributed by atoms with Gasteiger partial charge in [0.25, 0.3) is 0 Å². The molecule has 1 heterocycles. The number of rotatable bonds is 4. The van der Waals surface area contributed by atoms with E-state index in [1.165, 1.54) is 0 Å². The van der Waals surface area contributed by atoms with E-state index in [0.29, 0.717) is 17.4 Å². The Labute approximate surface area is 135 Å². The minimum atomic E-state index is -3.44. The second-order valence-electron chi connectivity index (χ2n) is 6.69. The smallest absolute Gasteiger partial charge is 0.241 e. The Balaban J connectivity index is 2.17. The lowest BCUT2D eigenvalue weighted by molar-refractivity contribution is 0.220. The molecular weight excluding hydrogens is 296 g/mol. The molecule has 2 rings (SSSR count). The van der Waals surface area contributed by atoms with Crippen LogP contribution in [0.1, 0.15) is 35.1 Å². The van der Waals surface area contributed by atoms with Crippen molar-refractivity contribution in [2.75, 3.05) is 26.7 Å². The molecule has 0 aliphatic carbocycles. The minimum Gasteiger partial charge on any atom is -0.306 e. The van der Waals surface area contributed by atoms with Crippen LogP contribution in [0, 0.1) is 33.6 Å². The van der Waals surface area contributed by atoms with E-state index >= 15 is 0 Å². The Kier molecular flexibility index (Phi) is 5.30. The molecule has 0 amide bonds. The van der Waals surface area contributed by atoms with Crippen molar-refractivity contribution in [3.05, 3.63) is 28.3 Å². The van der Waals surface area contributed by atoms with E-state index in [9.17, 15) is 8.42 Å². The zero-order chi connectivity index (χ0) is 16.5. The summed E-state index contributed by atoms with van der Waals surface area (Å²) in [6, 6.07) is 2.06. The van der Waals surface area contributed by atoms with Gasteiger partial charge in [-0.3, -0.25) is 0 Å². The van der Waals surface area contributed by atoms with Gasteiger partial charge in [0.2, 0.25) is 10.0 Å². The summed E-state index contributed by atoms with van der Waals surface area (Å²) in [6.45, 7) is 10.4. The number of likely N-dealkylation sites (tertiary alicyclic amines) is 1. The molecule has 1 saturated heterocycles. The summed E-state index contributed by atoms with van der Waals surface area (Å²) in [4.78, 5) is 2.77. The van der Waals surface area contributed by atoms with Crippen molar-refractivity contribution in [2.24, 2.45) is 5.92 Å². The summed E-state index contributed by atoms with van der Waals surface area (Å²) < 4.78 is 28.4. The quantitative estimate of drug-likeness (QED) is 0.926. The molecule has 124 valence electrons. The van der Waals surface area contributed by atoms with E-state index in [4.69, 9.17) is 0 Å². The first-order valence-electron chi connectivity index (χ1n) is 7.98. The van der Waals surface area contributed by atoms with Gasteiger partial charge in [-0.05, 0) is 88.8 Å². The Morgan fingerprint density at radius 1 is 1.09 bits per heavy atom. The van der Waals surface area contributed by atoms with Gasteiger partial charge in [-0.2, -0.15) is 0 Å². The van der Waals surface area contributed by atoms with E-state index in [0.717, 1.165) is 48.2 Å². The molecular formula is C17H28N2O2S. The zero-order valence-electron chi connectivity index (χ0n) is 14.4. The van der Waals surface area contributed by atoms with Crippen molar-refractivity contribution in [2.45, 2.75) is 45.4 Å². The molecule has 1 fully saturated rings. The number of nitrogens with one attached hydrogen (secondary N) is 1. The molecule has 1 aromatic carbocycles. The summed E-state index contributed by atoms with van der Waals surface area (Å²) in [5.74, 6) is 0.442. The van der Waals surface area contributed by atoms with Gasteiger partial charge in [-0.1, -0.05) is 6.07 Å². The maximum Gasteiger partial charge on any atom is 0.241 e. The highest BCUT2D eigenvalue weighted by atomic mass is 32.2. The minimum absolute atomic E-state index is 0.442. The molecule has 1 aromatic rings. The number of nitrogens with zero attached hydrogens (tertiary/aromatic N) is 1. The highest BCUT2D eigenvalue weighted by molar-refractivity contribution is 7.89. The van der Waals surface area contributed by atoms with Crippen molar-refractivity contribution in [3.63, 3.8) is 0 Å². The Morgan fingerprint density at radius 3 is 2.09 bits per heavy atom. The van der Waals surface area contributed by atoms with Crippen LogP contribution in [0.25, 0.3) is 0 Å². The van der Waals surface area contributed by atoms with Crippen LogP contribution in [-0.4, -0.2) is 40.0 Å². The molecule has 1 aliphatic heterocycles. The van der Waals surface area contributed by atoms with Crippen LogP contribution < -0.4 is 4.72 Å². The van der Waals surface area contributed by atoms with Gasteiger partial charge in [0.15, 0.2) is 0 Å². The maximum atomic E-state index is 12.8. The Morgan fingerprint density at radius 2 is 1.59 bits per heavy atom. The molecule has 0 bridgehead atoms. The van der Waals surface area contributed by atoms with Gasteiger partial charge < -0.3 is 4.90 Å². The summed E-state index contributed by atoms with van der Waals surface area (Å²) >= 11 is 0. The molecule has 0 radical (unpaired) electrons. The van der Waals surface area contributed by atoms with E-state index in [2.05, 4.69) is 22.7 Å². The number of sulfonamides is 1. The first kappa shape index (κ1) is 17.4. The first-order valence-corrected chi connectivity index (χ1v) is 9.46. The van der Waals surface area contributed by atoms with Crippen LogP contribution in [0.15, 0.2) is 11.0 Å². The number of piperidine rings is 1. The summed E-state index contributed by atoms with van der Waals surface area (Å²) in [5.41, 5.74) is 3.78. The fourth-order valence-electron chi connectivity index (χ4n) is 3.15. The van der Waals surface area contributed by atoms with E-state index in [1.54, 1.807) is 0 Å². The molecule has 5 heteroatoms. The van der Waals surface area contributed by atoms with Crippen LogP contribution in [0.3, 0.4) is 0 Å². The molecule has 1 N–H and O–H groups in total. The zero-order valence-corrected chi connectivity index (χ0v) is 15.2.